The molecular weight excluding hydrogens is 288 g/mol. The van der Waals surface area contributed by atoms with Gasteiger partial charge in [0.1, 0.15) is 0 Å². The van der Waals surface area contributed by atoms with Crippen molar-refractivity contribution in [1.29, 1.82) is 0 Å². The van der Waals surface area contributed by atoms with Crippen LogP contribution in [0.25, 0.3) is 0 Å². The van der Waals surface area contributed by atoms with Crippen molar-refractivity contribution in [2.75, 3.05) is 5.32 Å². The number of aromatic nitrogens is 2. The second-order valence-corrected chi connectivity index (χ2v) is 5.83. The number of nitrogens with one attached hydrogen (secondary N) is 2. The van der Waals surface area contributed by atoms with E-state index in [1.54, 1.807) is 12.4 Å². The Morgan fingerprint density at radius 3 is 2.26 bits per heavy atom. The lowest BCUT2D eigenvalue weighted by Gasteiger charge is -2.14. The summed E-state index contributed by atoms with van der Waals surface area (Å²) in [5.74, 6) is 0.422. The van der Waals surface area contributed by atoms with Gasteiger partial charge in [-0.15, -0.1) is 0 Å². The highest BCUT2D eigenvalue weighted by molar-refractivity contribution is 5.94. The molecule has 1 aliphatic carbocycles. The van der Waals surface area contributed by atoms with Crippen LogP contribution in [0, 0.1) is 0 Å². The van der Waals surface area contributed by atoms with Gasteiger partial charge in [-0.1, -0.05) is 32.0 Å². The molecule has 0 unspecified atom stereocenters. The van der Waals surface area contributed by atoms with Crippen molar-refractivity contribution < 1.29 is 4.79 Å². The van der Waals surface area contributed by atoms with Crippen molar-refractivity contribution in [2.45, 2.75) is 45.6 Å². The highest BCUT2D eigenvalue weighted by Crippen LogP contribution is 2.25. The normalized spacial score (nSPS) is 13.7. The predicted molar refractivity (Wildman–Crippen MR) is 91.0 cm³/mol. The van der Waals surface area contributed by atoms with E-state index in [1.807, 2.05) is 0 Å². The second-order valence-electron chi connectivity index (χ2n) is 5.83. The number of amides is 1. The van der Waals surface area contributed by atoms with E-state index in [1.165, 1.54) is 11.1 Å². The van der Waals surface area contributed by atoms with Crippen LogP contribution in [-0.2, 0) is 12.8 Å². The molecule has 5 nitrogen and oxygen atoms in total. The average molecular weight is 310 g/mol. The van der Waals surface area contributed by atoms with Gasteiger partial charge >= 0.3 is 0 Å². The number of aryl methyl sites for hydroxylation is 2. The molecule has 1 aliphatic rings. The summed E-state index contributed by atoms with van der Waals surface area (Å²) in [6.45, 7) is 4.26. The van der Waals surface area contributed by atoms with E-state index in [9.17, 15) is 4.79 Å². The minimum Gasteiger partial charge on any atom is -0.349 e. The van der Waals surface area contributed by atoms with Crippen LogP contribution in [0.1, 0.15) is 48.2 Å². The van der Waals surface area contributed by atoms with E-state index in [2.05, 4.69) is 52.6 Å². The molecule has 0 spiro atoms. The number of hydrogen-bond donors (Lipinski definition) is 2. The molecule has 5 heteroatoms. The number of para-hydroxylation sites is 1. The molecule has 0 aliphatic heterocycles. The Morgan fingerprint density at radius 2 is 1.74 bits per heavy atom. The van der Waals surface area contributed by atoms with Crippen LogP contribution in [0.2, 0.25) is 0 Å². The molecule has 2 aromatic rings. The fourth-order valence-corrected chi connectivity index (χ4v) is 2.52. The molecule has 1 aromatic heterocycles. The van der Waals surface area contributed by atoms with Crippen LogP contribution in [-0.4, -0.2) is 21.9 Å². The van der Waals surface area contributed by atoms with Gasteiger partial charge in [0.2, 0.25) is 5.95 Å². The zero-order valence-electron chi connectivity index (χ0n) is 13.6. The number of rotatable bonds is 6. The molecule has 0 atom stereocenters. The third-order valence-corrected chi connectivity index (χ3v) is 4.06. The summed E-state index contributed by atoms with van der Waals surface area (Å²) < 4.78 is 0. The molecule has 1 amide bonds. The molecule has 0 bridgehead atoms. The largest absolute Gasteiger partial charge is 0.349 e. The van der Waals surface area contributed by atoms with Crippen LogP contribution in [0.5, 0.6) is 0 Å². The highest BCUT2D eigenvalue weighted by atomic mass is 16.1. The number of carbonyl (C=O) groups excluding carboxylic acids is 1. The monoisotopic (exact) mass is 310 g/mol. The molecular formula is C18H22N4O. The summed E-state index contributed by atoms with van der Waals surface area (Å²) in [6.07, 6.45) is 7.18. The second kappa shape index (κ2) is 6.77. The standard InChI is InChI=1S/C18H22N4O/c1-3-12-6-5-7-13(4-2)16(12)22-18-19-10-14(11-20-18)17(23)21-15-8-9-15/h5-7,10-11,15H,3-4,8-9H2,1-2H3,(H,21,23)(H,19,20,22). The van der Waals surface area contributed by atoms with Crippen LogP contribution in [0.15, 0.2) is 30.6 Å². The Kier molecular flexibility index (Phi) is 4.55. The maximum Gasteiger partial charge on any atom is 0.254 e. The molecule has 3 rings (SSSR count). The molecule has 1 fully saturated rings. The zero-order chi connectivity index (χ0) is 16.2. The number of hydrogen-bond acceptors (Lipinski definition) is 4. The van der Waals surface area contributed by atoms with Gasteiger partial charge in [0.15, 0.2) is 0 Å². The number of nitrogens with zero attached hydrogens (tertiary/aromatic N) is 2. The molecule has 1 saturated carbocycles. The van der Waals surface area contributed by atoms with E-state index < -0.39 is 0 Å². The van der Waals surface area contributed by atoms with Gasteiger partial charge in [-0.05, 0) is 36.8 Å². The number of benzene rings is 1. The zero-order valence-corrected chi connectivity index (χ0v) is 13.6. The predicted octanol–water partition coefficient (Wildman–Crippen LogP) is 3.24. The maximum absolute atomic E-state index is 12.0. The Morgan fingerprint density at radius 1 is 1.13 bits per heavy atom. The van der Waals surface area contributed by atoms with Gasteiger partial charge in [-0.25, -0.2) is 9.97 Å². The Labute approximate surface area is 136 Å². The molecule has 0 saturated heterocycles. The van der Waals surface area contributed by atoms with Crippen molar-refractivity contribution in [3.63, 3.8) is 0 Å². The van der Waals surface area contributed by atoms with E-state index in [-0.39, 0.29) is 5.91 Å². The number of anilines is 2. The third kappa shape index (κ3) is 3.67. The SMILES string of the molecule is CCc1cccc(CC)c1Nc1ncc(C(=O)NC2CC2)cn1. The lowest BCUT2D eigenvalue weighted by Crippen LogP contribution is -2.25. The van der Waals surface area contributed by atoms with Crippen LogP contribution >= 0.6 is 0 Å². The number of carbonyl (C=O) groups is 1. The summed E-state index contributed by atoms with van der Waals surface area (Å²) in [5.41, 5.74) is 4.06. The fraction of sp³-hybridized carbons (Fsp3) is 0.389. The molecule has 1 heterocycles. The fourth-order valence-electron chi connectivity index (χ4n) is 2.52. The van der Waals surface area contributed by atoms with E-state index in [4.69, 9.17) is 0 Å². The van der Waals surface area contributed by atoms with Crippen molar-refractivity contribution in [3.8, 4) is 0 Å². The van der Waals surface area contributed by atoms with Crippen LogP contribution in [0.4, 0.5) is 11.6 Å². The van der Waals surface area contributed by atoms with Crippen molar-refractivity contribution in [2.24, 2.45) is 0 Å². The lowest BCUT2D eigenvalue weighted by atomic mass is 10.0. The average Bonchev–Trinajstić information content (AvgIpc) is 3.39. The first-order chi connectivity index (χ1) is 11.2. The summed E-state index contributed by atoms with van der Waals surface area (Å²) in [5, 5.41) is 6.24. The molecule has 23 heavy (non-hydrogen) atoms. The highest BCUT2D eigenvalue weighted by Gasteiger charge is 2.24. The lowest BCUT2D eigenvalue weighted by molar-refractivity contribution is 0.0950. The maximum atomic E-state index is 12.0. The summed E-state index contributed by atoms with van der Waals surface area (Å²) in [6, 6.07) is 6.64. The molecule has 120 valence electrons. The van der Waals surface area contributed by atoms with E-state index >= 15 is 0 Å². The first-order valence-electron chi connectivity index (χ1n) is 8.22. The van der Waals surface area contributed by atoms with Gasteiger partial charge in [0.05, 0.1) is 5.56 Å². The van der Waals surface area contributed by atoms with Crippen molar-refractivity contribution >= 4 is 17.5 Å². The Hall–Kier alpha value is -2.43. The first-order valence-corrected chi connectivity index (χ1v) is 8.22. The smallest absolute Gasteiger partial charge is 0.254 e. The summed E-state index contributed by atoms with van der Waals surface area (Å²) in [7, 11) is 0. The van der Waals surface area contributed by atoms with Crippen LogP contribution in [0.3, 0.4) is 0 Å². The van der Waals surface area contributed by atoms with Crippen molar-refractivity contribution in [1.82, 2.24) is 15.3 Å². The Bertz CT molecular complexity index is 670. The Balaban J connectivity index is 1.76. The van der Waals surface area contributed by atoms with Gasteiger partial charge in [0.25, 0.3) is 5.91 Å². The van der Waals surface area contributed by atoms with Gasteiger partial charge < -0.3 is 10.6 Å². The summed E-state index contributed by atoms with van der Waals surface area (Å²) in [4.78, 5) is 20.5. The molecule has 1 aromatic carbocycles. The quantitative estimate of drug-likeness (QED) is 0.859. The van der Waals surface area contributed by atoms with Crippen molar-refractivity contribution in [3.05, 3.63) is 47.3 Å². The van der Waals surface area contributed by atoms with Gasteiger partial charge in [-0.2, -0.15) is 0 Å². The molecule has 0 radical (unpaired) electrons. The minimum atomic E-state index is -0.0951. The summed E-state index contributed by atoms with van der Waals surface area (Å²) >= 11 is 0. The van der Waals surface area contributed by atoms with Gasteiger partial charge in [0, 0.05) is 24.1 Å². The van der Waals surface area contributed by atoms with E-state index in [0.29, 0.717) is 17.6 Å². The molecule has 2 N–H and O–H groups in total. The third-order valence-electron chi connectivity index (χ3n) is 4.06. The van der Waals surface area contributed by atoms with E-state index in [0.717, 1.165) is 31.4 Å². The van der Waals surface area contributed by atoms with Crippen LogP contribution < -0.4 is 10.6 Å². The van der Waals surface area contributed by atoms with Gasteiger partial charge in [-0.3, -0.25) is 4.79 Å². The topological polar surface area (TPSA) is 66.9 Å². The minimum absolute atomic E-state index is 0.0951. The first kappa shape index (κ1) is 15.5.